The Morgan fingerprint density at radius 1 is 1.00 bits per heavy atom. The molecule has 0 atom stereocenters. The van der Waals surface area contributed by atoms with Crippen molar-refractivity contribution in [3.05, 3.63) is 64.4 Å². The molecule has 2 amide bonds. The second-order valence-electron chi connectivity index (χ2n) is 6.40. The number of carbonyl (C=O) groups is 2. The third-order valence-corrected chi connectivity index (χ3v) is 5.01. The topological polar surface area (TPSA) is 58.2 Å². The van der Waals surface area contributed by atoms with E-state index in [1.54, 1.807) is 24.3 Å². The molecule has 2 N–H and O–H groups in total. The first-order chi connectivity index (χ1) is 12.8. The zero-order valence-electron chi connectivity index (χ0n) is 14.1. The minimum atomic E-state index is -1.67. The Hall–Kier alpha value is -2.54. The molecule has 1 aliphatic rings. The second-order valence-corrected chi connectivity index (χ2v) is 6.83. The van der Waals surface area contributed by atoms with Gasteiger partial charge in [0.15, 0.2) is 17.5 Å². The Bertz CT molecular complexity index is 883. The van der Waals surface area contributed by atoms with Crippen LogP contribution >= 0.6 is 11.6 Å². The van der Waals surface area contributed by atoms with E-state index >= 15 is 0 Å². The number of amides is 2. The Morgan fingerprint density at radius 2 is 1.67 bits per heavy atom. The summed E-state index contributed by atoms with van der Waals surface area (Å²) >= 11 is 5.88. The zero-order valence-corrected chi connectivity index (χ0v) is 14.9. The lowest BCUT2D eigenvalue weighted by molar-refractivity contribution is -0.131. The van der Waals surface area contributed by atoms with Crippen LogP contribution in [0.4, 0.5) is 18.9 Å². The normalized spacial score (nSPS) is 15.0. The first-order valence-electron chi connectivity index (χ1n) is 8.31. The van der Waals surface area contributed by atoms with Crippen LogP contribution < -0.4 is 10.6 Å². The molecule has 2 aromatic carbocycles. The number of hydrogen-bond acceptors (Lipinski definition) is 2. The maximum Gasteiger partial charge on any atom is 0.243 e. The molecule has 0 aliphatic heterocycles. The smallest absolute Gasteiger partial charge is 0.243 e. The molecule has 3 rings (SSSR count). The van der Waals surface area contributed by atoms with Gasteiger partial charge in [-0.1, -0.05) is 30.2 Å². The number of halogens is 4. The number of anilines is 1. The highest BCUT2D eigenvalue weighted by molar-refractivity contribution is 6.30. The van der Waals surface area contributed by atoms with Crippen LogP contribution in [0.2, 0.25) is 5.02 Å². The number of benzene rings is 2. The molecule has 0 spiro atoms. The van der Waals surface area contributed by atoms with E-state index in [2.05, 4.69) is 10.6 Å². The maximum atomic E-state index is 13.6. The highest BCUT2D eigenvalue weighted by Gasteiger charge is 2.45. The largest absolute Gasteiger partial charge is 0.346 e. The lowest BCUT2D eigenvalue weighted by Gasteiger charge is -2.40. The first kappa shape index (κ1) is 19.2. The molecule has 0 radical (unpaired) electrons. The summed E-state index contributed by atoms with van der Waals surface area (Å²) < 4.78 is 39.7. The molecule has 27 heavy (non-hydrogen) atoms. The van der Waals surface area contributed by atoms with Crippen LogP contribution in [-0.4, -0.2) is 18.4 Å². The molecule has 1 saturated carbocycles. The molecule has 2 aromatic rings. The van der Waals surface area contributed by atoms with Gasteiger partial charge in [-0.15, -0.1) is 0 Å². The van der Waals surface area contributed by atoms with Crippen molar-refractivity contribution < 1.29 is 22.8 Å². The number of rotatable bonds is 5. The average molecular weight is 397 g/mol. The monoisotopic (exact) mass is 396 g/mol. The van der Waals surface area contributed by atoms with Gasteiger partial charge in [0.25, 0.3) is 0 Å². The molecule has 4 nitrogen and oxygen atoms in total. The quantitative estimate of drug-likeness (QED) is 0.752. The van der Waals surface area contributed by atoms with Gasteiger partial charge in [0.1, 0.15) is 0 Å². The van der Waals surface area contributed by atoms with Gasteiger partial charge in [-0.25, -0.2) is 13.2 Å². The van der Waals surface area contributed by atoms with Crippen molar-refractivity contribution in [1.82, 2.24) is 5.32 Å². The fourth-order valence-corrected chi connectivity index (χ4v) is 3.22. The molecule has 8 heteroatoms. The van der Waals surface area contributed by atoms with Gasteiger partial charge < -0.3 is 10.6 Å². The summed E-state index contributed by atoms with van der Waals surface area (Å²) in [5.41, 5.74) is -0.412. The lowest BCUT2D eigenvalue weighted by atomic mass is 9.64. The Kier molecular flexibility index (Phi) is 5.41. The SMILES string of the molecule is O=C(CNC(=O)C1(c2ccc(Cl)cc2)CCC1)Nc1ccc(F)c(F)c1F. The average Bonchev–Trinajstić information content (AvgIpc) is 2.61. The number of carbonyl (C=O) groups excluding carboxylic acids is 2. The van der Waals surface area contributed by atoms with Crippen molar-refractivity contribution in [2.75, 3.05) is 11.9 Å². The molecular formula is C19H16ClF3N2O2. The molecule has 0 aromatic heterocycles. The molecule has 1 aliphatic carbocycles. The first-order valence-corrected chi connectivity index (χ1v) is 8.69. The van der Waals surface area contributed by atoms with Crippen LogP contribution in [0.5, 0.6) is 0 Å². The van der Waals surface area contributed by atoms with Crippen LogP contribution in [0.1, 0.15) is 24.8 Å². The molecular weight excluding hydrogens is 381 g/mol. The summed E-state index contributed by atoms with van der Waals surface area (Å²) in [4.78, 5) is 24.6. The van der Waals surface area contributed by atoms with E-state index in [9.17, 15) is 22.8 Å². The summed E-state index contributed by atoms with van der Waals surface area (Å²) in [7, 11) is 0. The van der Waals surface area contributed by atoms with E-state index in [4.69, 9.17) is 11.6 Å². The van der Waals surface area contributed by atoms with Gasteiger partial charge in [0.05, 0.1) is 17.6 Å². The fraction of sp³-hybridized carbons (Fsp3) is 0.263. The van der Waals surface area contributed by atoms with E-state index in [0.29, 0.717) is 23.9 Å². The summed E-state index contributed by atoms with van der Waals surface area (Å²) in [6.07, 6.45) is 2.15. The van der Waals surface area contributed by atoms with Crippen molar-refractivity contribution in [2.45, 2.75) is 24.7 Å². The van der Waals surface area contributed by atoms with Crippen LogP contribution in [-0.2, 0) is 15.0 Å². The predicted molar refractivity (Wildman–Crippen MR) is 94.9 cm³/mol. The Labute approximate surface area is 158 Å². The molecule has 142 valence electrons. The van der Waals surface area contributed by atoms with E-state index < -0.39 is 41.0 Å². The highest BCUT2D eigenvalue weighted by atomic mass is 35.5. The predicted octanol–water partition coefficient (Wildman–Crippen LogP) is 3.93. The third kappa shape index (κ3) is 3.78. The summed E-state index contributed by atoms with van der Waals surface area (Å²) in [5.74, 6) is -5.59. The molecule has 0 heterocycles. The zero-order chi connectivity index (χ0) is 19.6. The van der Waals surface area contributed by atoms with Gasteiger partial charge >= 0.3 is 0 Å². The third-order valence-electron chi connectivity index (χ3n) is 4.76. The highest BCUT2D eigenvalue weighted by Crippen LogP contribution is 2.44. The molecule has 1 fully saturated rings. The van der Waals surface area contributed by atoms with E-state index in [0.717, 1.165) is 18.1 Å². The van der Waals surface area contributed by atoms with Crippen molar-refractivity contribution in [2.24, 2.45) is 0 Å². The van der Waals surface area contributed by atoms with Gasteiger partial charge in [-0.05, 0) is 42.7 Å². The fourth-order valence-electron chi connectivity index (χ4n) is 3.09. The van der Waals surface area contributed by atoms with E-state index in [1.807, 2.05) is 0 Å². The van der Waals surface area contributed by atoms with Crippen molar-refractivity contribution >= 4 is 29.1 Å². The Morgan fingerprint density at radius 3 is 2.26 bits per heavy atom. The molecule has 0 saturated heterocycles. The van der Waals surface area contributed by atoms with E-state index in [1.165, 1.54) is 0 Å². The molecule has 0 bridgehead atoms. The standard InChI is InChI=1S/C19H16ClF3N2O2/c20-12-4-2-11(3-5-12)19(8-1-9-19)18(27)24-10-15(26)25-14-7-6-13(21)16(22)17(14)23/h2-7H,1,8-10H2,(H,24,27)(H,25,26). The maximum absolute atomic E-state index is 13.6. The van der Waals surface area contributed by atoms with Crippen molar-refractivity contribution in [3.8, 4) is 0 Å². The molecule has 0 unspecified atom stereocenters. The van der Waals surface area contributed by atoms with Crippen molar-refractivity contribution in [3.63, 3.8) is 0 Å². The van der Waals surface area contributed by atoms with Crippen LogP contribution in [0.15, 0.2) is 36.4 Å². The van der Waals surface area contributed by atoms with Gasteiger partial charge in [0, 0.05) is 5.02 Å². The number of hydrogen-bond donors (Lipinski definition) is 2. The summed E-state index contributed by atoms with van der Waals surface area (Å²) in [6.45, 7) is -0.424. The Balaban J connectivity index is 1.64. The van der Waals surface area contributed by atoms with Gasteiger partial charge in [-0.2, -0.15) is 0 Å². The lowest BCUT2D eigenvalue weighted by Crippen LogP contribution is -2.50. The van der Waals surface area contributed by atoms with Crippen molar-refractivity contribution in [1.29, 1.82) is 0 Å². The minimum absolute atomic E-state index is 0.322. The number of nitrogens with one attached hydrogen (secondary N) is 2. The summed E-state index contributed by atoms with van der Waals surface area (Å²) in [5, 5.41) is 5.20. The van der Waals surface area contributed by atoms with Crippen LogP contribution in [0, 0.1) is 17.5 Å². The van der Waals surface area contributed by atoms with Crippen LogP contribution in [0.25, 0.3) is 0 Å². The van der Waals surface area contributed by atoms with E-state index in [-0.39, 0.29) is 5.91 Å². The van der Waals surface area contributed by atoms with Gasteiger partial charge in [0.2, 0.25) is 11.8 Å². The summed E-state index contributed by atoms with van der Waals surface area (Å²) in [6, 6.07) is 8.56. The second kappa shape index (κ2) is 7.60. The van der Waals surface area contributed by atoms with Gasteiger partial charge in [-0.3, -0.25) is 9.59 Å². The minimum Gasteiger partial charge on any atom is -0.346 e. The van der Waals surface area contributed by atoms with Crippen LogP contribution in [0.3, 0.4) is 0 Å².